The fourth-order valence-corrected chi connectivity index (χ4v) is 1.82. The van der Waals surface area contributed by atoms with Gasteiger partial charge in [-0.1, -0.05) is 6.07 Å². The topological polar surface area (TPSA) is 94.8 Å². The zero-order chi connectivity index (χ0) is 12.3. The van der Waals surface area contributed by atoms with Gasteiger partial charge in [0.15, 0.2) is 0 Å². The highest BCUT2D eigenvalue weighted by atomic mass is 16.6. The van der Waals surface area contributed by atoms with Crippen molar-refractivity contribution in [2.24, 2.45) is 0 Å². The molecule has 0 spiro atoms. The Morgan fingerprint density at radius 2 is 2.00 bits per heavy atom. The largest absolute Gasteiger partial charge is 0.394 e. The molecule has 2 heterocycles. The molecule has 17 heavy (non-hydrogen) atoms. The maximum absolute atomic E-state index is 9.69. The monoisotopic (exact) mass is 240 g/mol. The van der Waals surface area contributed by atoms with Crippen molar-refractivity contribution in [1.29, 1.82) is 0 Å². The fraction of sp³-hybridized carbons (Fsp3) is 0.545. The smallest absolute Gasteiger partial charge is 0.125 e. The number of hydrogen-bond acceptors (Lipinski definition) is 6. The van der Waals surface area contributed by atoms with Gasteiger partial charge in [0.05, 0.1) is 6.61 Å². The van der Waals surface area contributed by atoms with Gasteiger partial charge in [-0.2, -0.15) is 0 Å². The van der Waals surface area contributed by atoms with Crippen LogP contribution in [-0.4, -0.2) is 57.9 Å². The molecule has 0 aliphatic carbocycles. The Morgan fingerprint density at radius 1 is 1.24 bits per heavy atom. The van der Waals surface area contributed by atoms with Crippen molar-refractivity contribution in [2.45, 2.75) is 24.4 Å². The molecule has 0 aromatic carbocycles. The number of aliphatic hydroxyl groups is 3. The first kappa shape index (κ1) is 12.3. The van der Waals surface area contributed by atoms with Gasteiger partial charge in [0.1, 0.15) is 30.2 Å². The molecular weight excluding hydrogens is 224 g/mol. The molecule has 1 aliphatic heterocycles. The van der Waals surface area contributed by atoms with E-state index in [1.807, 2.05) is 6.07 Å². The molecule has 1 saturated heterocycles. The highest BCUT2D eigenvalue weighted by Crippen LogP contribution is 2.21. The maximum atomic E-state index is 9.69. The van der Waals surface area contributed by atoms with Gasteiger partial charge in [0.2, 0.25) is 0 Å². The quantitative estimate of drug-likeness (QED) is 0.538. The average Bonchev–Trinajstić information content (AvgIpc) is 2.65. The maximum Gasteiger partial charge on any atom is 0.125 e. The van der Waals surface area contributed by atoms with Gasteiger partial charge >= 0.3 is 0 Å². The molecule has 0 bridgehead atoms. The summed E-state index contributed by atoms with van der Waals surface area (Å²) in [5.41, 5.74) is 0. The van der Waals surface area contributed by atoms with Gasteiger partial charge < -0.3 is 25.4 Å². The number of aliphatic hydroxyl groups excluding tert-OH is 3. The number of nitrogens with one attached hydrogen (secondary N) is 1. The third kappa shape index (κ3) is 2.73. The standard InChI is InChI=1S/C11H16N2O4/c14-6-8-11(16)10(15)7(17-8)5-13-9-3-1-2-4-12-9/h1-4,7-8,10-11,14-16H,5-6H2,(H,12,13). The zero-order valence-electron chi connectivity index (χ0n) is 9.23. The molecule has 0 radical (unpaired) electrons. The summed E-state index contributed by atoms with van der Waals surface area (Å²) >= 11 is 0. The summed E-state index contributed by atoms with van der Waals surface area (Å²) < 4.78 is 5.32. The van der Waals surface area contributed by atoms with Crippen LogP contribution in [-0.2, 0) is 4.74 Å². The highest BCUT2D eigenvalue weighted by molar-refractivity contribution is 5.33. The van der Waals surface area contributed by atoms with Crippen LogP contribution in [0, 0.1) is 0 Å². The van der Waals surface area contributed by atoms with Gasteiger partial charge in [-0.05, 0) is 12.1 Å². The normalized spacial score (nSPS) is 32.6. The van der Waals surface area contributed by atoms with Crippen molar-refractivity contribution in [2.75, 3.05) is 18.5 Å². The van der Waals surface area contributed by atoms with E-state index in [9.17, 15) is 10.2 Å². The second kappa shape index (κ2) is 5.42. The molecule has 0 saturated carbocycles. The van der Waals surface area contributed by atoms with E-state index in [2.05, 4.69) is 10.3 Å². The van der Waals surface area contributed by atoms with E-state index in [4.69, 9.17) is 9.84 Å². The minimum absolute atomic E-state index is 0.307. The van der Waals surface area contributed by atoms with Crippen molar-refractivity contribution >= 4 is 5.82 Å². The second-order valence-electron chi connectivity index (χ2n) is 3.97. The minimum atomic E-state index is -1.05. The van der Waals surface area contributed by atoms with E-state index in [-0.39, 0.29) is 6.61 Å². The molecule has 1 aliphatic rings. The van der Waals surface area contributed by atoms with Gasteiger partial charge in [-0.15, -0.1) is 0 Å². The number of ether oxygens (including phenoxy) is 1. The molecule has 1 aromatic rings. The van der Waals surface area contributed by atoms with Crippen LogP contribution in [0.5, 0.6) is 0 Å². The summed E-state index contributed by atoms with van der Waals surface area (Å²) in [7, 11) is 0. The molecule has 4 atom stereocenters. The van der Waals surface area contributed by atoms with E-state index in [1.165, 1.54) is 0 Å². The van der Waals surface area contributed by atoms with Crippen molar-refractivity contribution in [3.63, 3.8) is 0 Å². The lowest BCUT2D eigenvalue weighted by Crippen LogP contribution is -2.36. The summed E-state index contributed by atoms with van der Waals surface area (Å²) in [6, 6.07) is 5.44. The van der Waals surface area contributed by atoms with Crippen LogP contribution in [0.3, 0.4) is 0 Å². The summed E-state index contributed by atoms with van der Waals surface area (Å²) in [4.78, 5) is 4.06. The lowest BCUT2D eigenvalue weighted by atomic mass is 10.1. The molecule has 1 fully saturated rings. The van der Waals surface area contributed by atoms with Gasteiger partial charge in [-0.25, -0.2) is 4.98 Å². The third-order valence-electron chi connectivity index (χ3n) is 2.79. The Kier molecular flexibility index (Phi) is 3.90. The number of anilines is 1. The molecular formula is C11H16N2O4. The first-order valence-corrected chi connectivity index (χ1v) is 5.49. The Hall–Kier alpha value is -1.21. The van der Waals surface area contributed by atoms with E-state index in [1.54, 1.807) is 18.3 Å². The molecule has 6 nitrogen and oxygen atoms in total. The summed E-state index contributed by atoms with van der Waals surface area (Å²) in [5, 5.41) is 31.2. The molecule has 2 rings (SSSR count). The van der Waals surface area contributed by atoms with Crippen LogP contribution in [0.15, 0.2) is 24.4 Å². The fourth-order valence-electron chi connectivity index (χ4n) is 1.82. The van der Waals surface area contributed by atoms with Crippen LogP contribution in [0.2, 0.25) is 0 Å². The van der Waals surface area contributed by atoms with Crippen molar-refractivity contribution < 1.29 is 20.1 Å². The first-order chi connectivity index (χ1) is 8.22. The minimum Gasteiger partial charge on any atom is -0.394 e. The zero-order valence-corrected chi connectivity index (χ0v) is 9.23. The molecule has 1 aromatic heterocycles. The van der Waals surface area contributed by atoms with Crippen LogP contribution >= 0.6 is 0 Å². The second-order valence-corrected chi connectivity index (χ2v) is 3.97. The average molecular weight is 240 g/mol. The molecule has 6 heteroatoms. The number of pyridine rings is 1. The first-order valence-electron chi connectivity index (χ1n) is 5.49. The van der Waals surface area contributed by atoms with Crippen LogP contribution in [0.25, 0.3) is 0 Å². The van der Waals surface area contributed by atoms with Crippen molar-refractivity contribution in [1.82, 2.24) is 4.98 Å². The molecule has 94 valence electrons. The van der Waals surface area contributed by atoms with Crippen LogP contribution in [0.4, 0.5) is 5.82 Å². The van der Waals surface area contributed by atoms with E-state index >= 15 is 0 Å². The van der Waals surface area contributed by atoms with E-state index in [0.717, 1.165) is 0 Å². The van der Waals surface area contributed by atoms with Crippen LogP contribution < -0.4 is 5.32 Å². The summed E-state index contributed by atoms with van der Waals surface area (Å²) in [6.07, 6.45) is -1.66. The van der Waals surface area contributed by atoms with E-state index < -0.39 is 24.4 Å². The lowest BCUT2D eigenvalue weighted by Gasteiger charge is -2.15. The van der Waals surface area contributed by atoms with Crippen LogP contribution in [0.1, 0.15) is 0 Å². The molecule has 4 unspecified atom stereocenters. The summed E-state index contributed by atoms with van der Waals surface area (Å²) in [6.45, 7) is 0.0179. The van der Waals surface area contributed by atoms with Gasteiger partial charge in [0, 0.05) is 12.7 Å². The predicted molar refractivity (Wildman–Crippen MR) is 60.5 cm³/mol. The molecule has 4 N–H and O–H groups in total. The predicted octanol–water partition coefficient (Wildman–Crippen LogP) is -1.03. The van der Waals surface area contributed by atoms with Gasteiger partial charge in [-0.3, -0.25) is 0 Å². The number of aromatic nitrogens is 1. The third-order valence-corrected chi connectivity index (χ3v) is 2.79. The molecule has 0 amide bonds. The Morgan fingerprint density at radius 3 is 2.59 bits per heavy atom. The lowest BCUT2D eigenvalue weighted by molar-refractivity contribution is -0.0184. The number of rotatable bonds is 4. The highest BCUT2D eigenvalue weighted by Gasteiger charge is 2.41. The SMILES string of the molecule is OCC1OC(CNc2ccccn2)C(O)C1O. The number of hydrogen-bond donors (Lipinski definition) is 4. The Bertz CT molecular complexity index is 349. The Balaban J connectivity index is 1.88. The van der Waals surface area contributed by atoms with Gasteiger partial charge in [0.25, 0.3) is 0 Å². The summed E-state index contributed by atoms with van der Waals surface area (Å²) in [5.74, 6) is 0.672. The van der Waals surface area contributed by atoms with Crippen molar-refractivity contribution in [3.8, 4) is 0 Å². The van der Waals surface area contributed by atoms with E-state index in [0.29, 0.717) is 12.4 Å². The van der Waals surface area contributed by atoms with Crippen molar-refractivity contribution in [3.05, 3.63) is 24.4 Å². The Labute approximate surface area is 98.9 Å². The number of nitrogens with zero attached hydrogens (tertiary/aromatic N) is 1.